The minimum atomic E-state index is -0.626. The van der Waals surface area contributed by atoms with Gasteiger partial charge in [0.05, 0.1) is 40.0 Å². The van der Waals surface area contributed by atoms with E-state index in [1.54, 1.807) is 25.4 Å². The summed E-state index contributed by atoms with van der Waals surface area (Å²) in [7, 11) is 3.62. The van der Waals surface area contributed by atoms with Crippen LogP contribution >= 0.6 is 11.3 Å². The molecule has 8 nitrogen and oxygen atoms in total. The smallest absolute Gasteiger partial charge is 0.166 e. The second kappa shape index (κ2) is 13.8. The molecule has 0 radical (unpaired) electrons. The molecule has 0 fully saturated rings. The summed E-state index contributed by atoms with van der Waals surface area (Å²) in [6.45, 7) is 2.01. The van der Waals surface area contributed by atoms with Crippen LogP contribution in [0.2, 0.25) is 0 Å². The maximum Gasteiger partial charge on any atom is 0.166 e. The number of aromatic nitrogens is 3. The molecule has 0 aliphatic rings. The summed E-state index contributed by atoms with van der Waals surface area (Å²) in [5.41, 5.74) is 2.79. The molecule has 43 heavy (non-hydrogen) atoms. The number of ketones is 2. The highest BCUT2D eigenvalue weighted by Crippen LogP contribution is 2.39. The van der Waals surface area contributed by atoms with Crippen LogP contribution in [0.25, 0.3) is 20.9 Å². The first-order chi connectivity index (χ1) is 20.8. The molecule has 3 heterocycles. The van der Waals surface area contributed by atoms with E-state index in [0.29, 0.717) is 35.5 Å². The largest absolute Gasteiger partial charge is 0.453 e. The zero-order valence-electron chi connectivity index (χ0n) is 23.7. The summed E-state index contributed by atoms with van der Waals surface area (Å²) in [5, 5.41) is 3.31. The quantitative estimate of drug-likeness (QED) is 0.126. The third kappa shape index (κ3) is 7.56. The van der Waals surface area contributed by atoms with E-state index in [1.165, 1.54) is 47.7 Å². The molecule has 0 spiro atoms. The van der Waals surface area contributed by atoms with Gasteiger partial charge < -0.3 is 19.4 Å². The van der Waals surface area contributed by atoms with Crippen LogP contribution in [-0.2, 0) is 40.8 Å². The molecule has 0 aliphatic carbocycles. The molecule has 2 aromatic carbocycles. The predicted molar refractivity (Wildman–Crippen MR) is 160 cm³/mol. The number of methoxy groups -OCH3 is 1. The lowest BCUT2D eigenvalue weighted by atomic mass is 10.0. The van der Waals surface area contributed by atoms with Crippen LogP contribution in [0.15, 0.2) is 67.0 Å². The van der Waals surface area contributed by atoms with Gasteiger partial charge in [0, 0.05) is 52.4 Å². The molecule has 1 N–H and O–H groups in total. The number of nitrogens with zero attached hydrogens (tertiary/aromatic N) is 3. The fourth-order valence-corrected chi connectivity index (χ4v) is 5.69. The Morgan fingerprint density at radius 2 is 1.70 bits per heavy atom. The van der Waals surface area contributed by atoms with Crippen molar-refractivity contribution in [1.82, 2.24) is 19.9 Å². The van der Waals surface area contributed by atoms with Gasteiger partial charge >= 0.3 is 0 Å². The Bertz CT molecular complexity index is 1750. The second-order valence-corrected chi connectivity index (χ2v) is 11.1. The number of ether oxygens (including phenoxy) is 2. The van der Waals surface area contributed by atoms with E-state index in [1.807, 2.05) is 23.9 Å². The highest BCUT2D eigenvalue weighted by molar-refractivity contribution is 7.22. The number of fused-ring (bicyclic) bond motifs is 1. The number of benzene rings is 2. The molecular weight excluding hydrogens is 574 g/mol. The zero-order chi connectivity index (χ0) is 30.3. The van der Waals surface area contributed by atoms with Gasteiger partial charge in [0.25, 0.3) is 0 Å². The topological polar surface area (TPSA) is 95.3 Å². The Morgan fingerprint density at radius 3 is 2.44 bits per heavy atom. The van der Waals surface area contributed by atoms with E-state index in [2.05, 4.69) is 15.3 Å². The monoisotopic (exact) mass is 604 g/mol. The van der Waals surface area contributed by atoms with Crippen molar-refractivity contribution in [2.75, 3.05) is 20.3 Å². The van der Waals surface area contributed by atoms with Crippen molar-refractivity contribution in [2.45, 2.75) is 25.8 Å². The number of rotatable bonds is 14. The molecule has 0 aliphatic heterocycles. The number of imidazole rings is 1. The van der Waals surface area contributed by atoms with E-state index in [0.717, 1.165) is 27.6 Å². The van der Waals surface area contributed by atoms with E-state index in [9.17, 15) is 14.0 Å². The molecule has 0 atom stereocenters. The van der Waals surface area contributed by atoms with Crippen LogP contribution in [0.4, 0.5) is 8.78 Å². The number of nitrogens with one attached hydrogen (secondary N) is 1. The van der Waals surface area contributed by atoms with Crippen LogP contribution in [0.1, 0.15) is 23.2 Å². The third-order valence-corrected chi connectivity index (χ3v) is 7.93. The average Bonchev–Trinajstić information content (AvgIpc) is 3.57. The number of hydrogen-bond acceptors (Lipinski definition) is 8. The summed E-state index contributed by atoms with van der Waals surface area (Å²) in [6.07, 6.45) is 3.09. The third-order valence-electron chi connectivity index (χ3n) is 6.80. The van der Waals surface area contributed by atoms with Crippen LogP contribution in [0.3, 0.4) is 0 Å². The van der Waals surface area contributed by atoms with Gasteiger partial charge in [-0.3, -0.25) is 14.6 Å². The van der Waals surface area contributed by atoms with E-state index in [-0.39, 0.29) is 36.6 Å². The number of carbonyl (C=O) groups is 2. The molecular formula is C32H30F2N4O4S. The van der Waals surface area contributed by atoms with Crippen molar-refractivity contribution in [1.29, 1.82) is 0 Å². The van der Waals surface area contributed by atoms with E-state index in [4.69, 9.17) is 9.47 Å². The van der Waals surface area contributed by atoms with Gasteiger partial charge in [0.1, 0.15) is 29.0 Å². The van der Waals surface area contributed by atoms with Crippen molar-refractivity contribution in [3.8, 4) is 22.2 Å². The van der Waals surface area contributed by atoms with Gasteiger partial charge in [-0.05, 0) is 41.5 Å². The maximum absolute atomic E-state index is 15.1. The lowest BCUT2D eigenvalue weighted by molar-refractivity contribution is -0.126. The SMILES string of the molecule is COCCNCc1cnc(-c2cc3nccc(Oc4ccc(CC(=O)CC(=O)Cc5ccc(F)cc5)cc4F)c3s2)n1C. The molecule has 3 aromatic heterocycles. The molecule has 5 rings (SSSR count). The van der Waals surface area contributed by atoms with Crippen molar-refractivity contribution in [3.05, 3.63) is 95.4 Å². The summed E-state index contributed by atoms with van der Waals surface area (Å²) in [6, 6.07) is 13.5. The van der Waals surface area contributed by atoms with Crippen molar-refractivity contribution in [2.24, 2.45) is 7.05 Å². The number of hydrogen-bond donors (Lipinski definition) is 1. The molecule has 0 amide bonds. The molecule has 0 saturated heterocycles. The highest BCUT2D eigenvalue weighted by atomic mass is 32.1. The van der Waals surface area contributed by atoms with E-state index < -0.39 is 11.6 Å². The van der Waals surface area contributed by atoms with Crippen molar-refractivity contribution < 1.29 is 27.8 Å². The Kier molecular flexibility index (Phi) is 9.65. The summed E-state index contributed by atoms with van der Waals surface area (Å²) in [4.78, 5) is 34.7. The summed E-state index contributed by atoms with van der Waals surface area (Å²) < 4.78 is 41.9. The summed E-state index contributed by atoms with van der Waals surface area (Å²) in [5.74, 6) is -0.386. The first kappa shape index (κ1) is 30.1. The van der Waals surface area contributed by atoms with Gasteiger partial charge in [-0.25, -0.2) is 13.8 Å². The van der Waals surface area contributed by atoms with Crippen LogP contribution in [0, 0.1) is 11.6 Å². The first-order valence-corrected chi connectivity index (χ1v) is 14.5. The minimum absolute atomic E-state index is 0.00689. The first-order valence-electron chi connectivity index (χ1n) is 13.6. The van der Waals surface area contributed by atoms with E-state index >= 15 is 4.39 Å². The van der Waals surface area contributed by atoms with Crippen LogP contribution in [-0.4, -0.2) is 46.4 Å². The molecule has 11 heteroatoms. The van der Waals surface area contributed by atoms with Gasteiger partial charge in [-0.1, -0.05) is 18.2 Å². The lowest BCUT2D eigenvalue weighted by Gasteiger charge is -2.09. The zero-order valence-corrected chi connectivity index (χ0v) is 24.5. The maximum atomic E-state index is 15.1. The Hall–Kier alpha value is -4.32. The Balaban J connectivity index is 1.24. The fourth-order valence-electron chi connectivity index (χ4n) is 4.59. The Morgan fingerprint density at radius 1 is 0.953 bits per heavy atom. The lowest BCUT2D eigenvalue weighted by Crippen LogP contribution is -2.20. The average molecular weight is 605 g/mol. The number of thiophene rings is 1. The molecule has 5 aromatic rings. The summed E-state index contributed by atoms with van der Waals surface area (Å²) >= 11 is 1.45. The highest BCUT2D eigenvalue weighted by Gasteiger charge is 2.17. The fraction of sp³-hybridized carbons (Fsp3) is 0.250. The van der Waals surface area contributed by atoms with Gasteiger partial charge in [0.15, 0.2) is 11.6 Å². The predicted octanol–water partition coefficient (Wildman–Crippen LogP) is 5.82. The van der Waals surface area contributed by atoms with Gasteiger partial charge in [-0.15, -0.1) is 11.3 Å². The molecule has 0 bridgehead atoms. The van der Waals surface area contributed by atoms with Crippen LogP contribution in [0.5, 0.6) is 11.5 Å². The van der Waals surface area contributed by atoms with Crippen molar-refractivity contribution >= 4 is 33.1 Å². The number of halogens is 2. The standard InChI is InChI=1S/C32H30F2N4O4S/c1-38-23(18-35-11-12-41-2)19-37-32(38)30-17-27-31(43-30)29(9-10-36-27)42-28-8-5-21(15-26(28)34)14-25(40)16-24(39)13-20-3-6-22(33)7-4-20/h3-10,15,17,19,35H,11-14,16,18H2,1-2H3. The normalized spacial score (nSPS) is 11.3. The molecule has 0 saturated carbocycles. The minimum Gasteiger partial charge on any atom is -0.453 e. The number of Topliss-reactive ketones (excluding diaryl/α,β-unsaturated/α-hetero) is 2. The van der Waals surface area contributed by atoms with Gasteiger partial charge in [0.2, 0.25) is 0 Å². The number of pyridine rings is 1. The van der Waals surface area contributed by atoms with Crippen molar-refractivity contribution in [3.63, 3.8) is 0 Å². The van der Waals surface area contributed by atoms with Gasteiger partial charge in [-0.2, -0.15) is 0 Å². The molecule has 222 valence electrons. The number of carbonyl (C=O) groups excluding carboxylic acids is 2. The molecule has 0 unspecified atom stereocenters. The Labute approximate surface area is 251 Å². The van der Waals surface area contributed by atoms with Crippen LogP contribution < -0.4 is 10.1 Å². The second-order valence-electron chi connectivity index (χ2n) is 10.0.